The minimum Gasteiger partial charge on any atom is -0.464 e. The van der Waals surface area contributed by atoms with Crippen molar-refractivity contribution in [3.05, 3.63) is 11.6 Å². The molecule has 14 heteroatoms. The number of nitrogens with two attached hydrogens (primary N) is 1. The summed E-state index contributed by atoms with van der Waals surface area (Å²) in [6.07, 6.45) is -2.91. The topological polar surface area (TPSA) is 161 Å². The molecule has 1 saturated carbocycles. The summed E-state index contributed by atoms with van der Waals surface area (Å²) in [5.41, 5.74) is 5.17. The van der Waals surface area contributed by atoms with E-state index in [1.807, 2.05) is 0 Å². The van der Waals surface area contributed by atoms with Crippen molar-refractivity contribution < 1.29 is 33.6 Å². The molecule has 3 N–H and O–H groups in total. The molecule has 1 spiro atoms. The van der Waals surface area contributed by atoms with Crippen molar-refractivity contribution in [1.29, 1.82) is 0 Å². The summed E-state index contributed by atoms with van der Waals surface area (Å²) >= 11 is 12.4. The Balaban J connectivity index is 1.56. The van der Waals surface area contributed by atoms with Crippen LogP contribution in [0.2, 0.25) is 5.28 Å². The van der Waals surface area contributed by atoms with Crippen LogP contribution in [0.4, 0.5) is 5.82 Å². The van der Waals surface area contributed by atoms with Gasteiger partial charge in [-0.2, -0.15) is 9.97 Å². The van der Waals surface area contributed by atoms with Crippen LogP contribution in [0.3, 0.4) is 0 Å². The van der Waals surface area contributed by atoms with E-state index in [9.17, 15) is 14.7 Å². The van der Waals surface area contributed by atoms with Gasteiger partial charge < -0.3 is 29.8 Å². The highest BCUT2D eigenvalue weighted by atomic mass is 35.5. The summed E-state index contributed by atoms with van der Waals surface area (Å²) < 4.78 is 23.0. The molecule has 2 aromatic rings. The van der Waals surface area contributed by atoms with Gasteiger partial charge in [-0.1, -0.05) is 0 Å². The molecular formula is C18H21Cl2N5O7. The Morgan fingerprint density at radius 2 is 2.00 bits per heavy atom. The van der Waals surface area contributed by atoms with Gasteiger partial charge in [0.15, 0.2) is 17.7 Å². The van der Waals surface area contributed by atoms with Gasteiger partial charge in [-0.15, -0.1) is 11.6 Å². The van der Waals surface area contributed by atoms with Crippen LogP contribution < -0.4 is 5.73 Å². The van der Waals surface area contributed by atoms with Crippen molar-refractivity contribution in [2.45, 2.75) is 55.8 Å². The van der Waals surface area contributed by atoms with Gasteiger partial charge in [-0.05, 0) is 25.4 Å². The lowest BCUT2D eigenvalue weighted by atomic mass is 10.1. The van der Waals surface area contributed by atoms with Gasteiger partial charge in [0.05, 0.1) is 25.6 Å². The van der Waals surface area contributed by atoms with Crippen LogP contribution >= 0.6 is 23.2 Å². The molecule has 174 valence electrons. The van der Waals surface area contributed by atoms with Crippen molar-refractivity contribution in [1.82, 2.24) is 19.5 Å². The van der Waals surface area contributed by atoms with Crippen LogP contribution in [0.1, 0.15) is 26.5 Å². The quantitative estimate of drug-likeness (QED) is 0.242. The zero-order valence-electron chi connectivity index (χ0n) is 17.1. The molecule has 2 aromatic heterocycles. The molecule has 32 heavy (non-hydrogen) atoms. The molecule has 1 aliphatic carbocycles. The molecule has 1 saturated heterocycles. The Labute approximate surface area is 191 Å². The van der Waals surface area contributed by atoms with Crippen molar-refractivity contribution in [3.8, 4) is 0 Å². The van der Waals surface area contributed by atoms with E-state index >= 15 is 0 Å². The number of imidazole rings is 1. The summed E-state index contributed by atoms with van der Waals surface area (Å²) in [6.45, 7) is 3.31. The number of alkyl halides is 1. The Bertz CT molecular complexity index is 1030. The van der Waals surface area contributed by atoms with Gasteiger partial charge >= 0.3 is 11.9 Å². The third kappa shape index (κ3) is 3.75. The maximum absolute atomic E-state index is 12.2. The van der Waals surface area contributed by atoms with Gasteiger partial charge in [-0.3, -0.25) is 4.57 Å². The van der Waals surface area contributed by atoms with E-state index < -0.39 is 47.5 Å². The summed E-state index contributed by atoms with van der Waals surface area (Å²) in [5.74, 6) is -1.69. The van der Waals surface area contributed by atoms with E-state index in [4.69, 9.17) is 47.9 Å². The predicted octanol–water partition coefficient (Wildman–Crippen LogP) is 0.581. The van der Waals surface area contributed by atoms with Crippen molar-refractivity contribution in [2.24, 2.45) is 0 Å². The number of carbonyl (C=O) groups excluding carboxylic acids is 2. The molecule has 2 aliphatic rings. The normalized spacial score (nSPS) is 29.1. The number of aliphatic hydroxyl groups excluding tert-OH is 1. The molecule has 0 bridgehead atoms. The summed E-state index contributed by atoms with van der Waals surface area (Å²) in [4.78, 5) is 36.6. The Kier molecular flexibility index (Phi) is 6.16. The Hall–Kier alpha value is -2.25. The number of anilines is 1. The van der Waals surface area contributed by atoms with Gasteiger partial charge in [0.2, 0.25) is 5.28 Å². The standard InChI is InChI=1S/C18H21Cl2N5O7/c1-3-29-15(27)10(16(28)30-4-2)31-7-5-18(7)11(26)8(19)14(32-18)25-6-22-9-12(21)23-17(20)24-13(9)25/h6-8,10-11,14,26H,3-5H2,1-2H3,(H2,21,23,24)/t7?,8-,11-,14+,18?/m0/s1. The lowest BCUT2D eigenvalue weighted by Gasteiger charge is -2.19. The zero-order chi connectivity index (χ0) is 23.2. The molecule has 2 unspecified atom stereocenters. The SMILES string of the molecule is CCOC(=O)C(OC1CC12O[C@@H](n1cnc3c(N)nc(Cl)nc31)[C@@H](Cl)[C@@H]2O)C(=O)OCC. The van der Waals surface area contributed by atoms with Crippen LogP contribution in [0, 0.1) is 0 Å². The summed E-state index contributed by atoms with van der Waals surface area (Å²) in [6, 6.07) is 0. The largest absolute Gasteiger partial charge is 0.464 e. The van der Waals surface area contributed by atoms with Crippen LogP contribution in [0.15, 0.2) is 6.33 Å². The van der Waals surface area contributed by atoms with Gasteiger partial charge in [-0.25, -0.2) is 14.6 Å². The number of aromatic nitrogens is 4. The molecule has 5 atom stereocenters. The molecule has 2 fully saturated rings. The number of rotatable bonds is 7. The predicted molar refractivity (Wildman–Crippen MR) is 110 cm³/mol. The fourth-order valence-electron chi connectivity index (χ4n) is 3.73. The Morgan fingerprint density at radius 1 is 1.34 bits per heavy atom. The second kappa shape index (κ2) is 8.60. The minimum atomic E-state index is -1.61. The lowest BCUT2D eigenvalue weighted by molar-refractivity contribution is -0.177. The first kappa shape index (κ1) is 22.9. The van der Waals surface area contributed by atoms with E-state index in [1.165, 1.54) is 10.9 Å². The number of carbonyl (C=O) groups is 2. The summed E-state index contributed by atoms with van der Waals surface area (Å²) in [5, 5.41) is 9.80. The first-order valence-corrected chi connectivity index (χ1v) is 10.7. The molecule has 1 aliphatic heterocycles. The number of ether oxygens (including phenoxy) is 4. The average Bonchev–Trinajstić information content (AvgIpc) is 3.17. The maximum Gasteiger partial charge on any atom is 0.347 e. The van der Waals surface area contributed by atoms with Crippen LogP contribution in [-0.2, 0) is 28.5 Å². The molecule has 3 heterocycles. The number of hydrogen-bond acceptors (Lipinski definition) is 11. The number of halogens is 2. The molecule has 0 radical (unpaired) electrons. The van der Waals surface area contributed by atoms with Gasteiger partial charge in [0.25, 0.3) is 6.10 Å². The molecule has 12 nitrogen and oxygen atoms in total. The molecule has 0 amide bonds. The lowest BCUT2D eigenvalue weighted by Crippen LogP contribution is -2.40. The van der Waals surface area contributed by atoms with Crippen molar-refractivity contribution in [2.75, 3.05) is 18.9 Å². The van der Waals surface area contributed by atoms with E-state index in [1.54, 1.807) is 13.8 Å². The fourth-order valence-corrected chi connectivity index (χ4v) is 4.29. The first-order chi connectivity index (χ1) is 15.2. The first-order valence-electron chi connectivity index (χ1n) is 9.87. The van der Waals surface area contributed by atoms with Crippen molar-refractivity contribution in [3.63, 3.8) is 0 Å². The van der Waals surface area contributed by atoms with Gasteiger partial charge in [0, 0.05) is 6.42 Å². The second-order valence-corrected chi connectivity index (χ2v) is 8.11. The molecule has 0 aromatic carbocycles. The van der Waals surface area contributed by atoms with Crippen molar-refractivity contribution >= 4 is 52.1 Å². The van der Waals surface area contributed by atoms with E-state index in [0.29, 0.717) is 5.52 Å². The maximum atomic E-state index is 12.2. The summed E-state index contributed by atoms with van der Waals surface area (Å²) in [7, 11) is 0. The number of aliphatic hydroxyl groups is 1. The van der Waals surface area contributed by atoms with E-state index in [0.717, 1.165) is 0 Å². The highest BCUT2D eigenvalue weighted by molar-refractivity contribution is 6.28. The highest BCUT2D eigenvalue weighted by Gasteiger charge is 2.71. The molecular weight excluding hydrogens is 469 g/mol. The smallest absolute Gasteiger partial charge is 0.347 e. The second-order valence-electron chi connectivity index (χ2n) is 7.27. The van der Waals surface area contributed by atoms with E-state index in [-0.39, 0.29) is 36.4 Å². The van der Waals surface area contributed by atoms with Crippen LogP contribution in [-0.4, -0.2) is 79.1 Å². The molecule has 4 rings (SSSR count). The highest BCUT2D eigenvalue weighted by Crippen LogP contribution is 2.56. The van der Waals surface area contributed by atoms with Crippen LogP contribution in [0.25, 0.3) is 11.2 Å². The number of hydrogen-bond donors (Lipinski definition) is 2. The van der Waals surface area contributed by atoms with Gasteiger partial charge in [0.1, 0.15) is 22.6 Å². The Morgan fingerprint density at radius 3 is 2.62 bits per heavy atom. The van der Waals surface area contributed by atoms with Crippen LogP contribution in [0.5, 0.6) is 0 Å². The zero-order valence-corrected chi connectivity index (χ0v) is 18.6. The fraction of sp³-hybridized carbons (Fsp3) is 0.611. The number of nitrogen functional groups attached to an aromatic ring is 1. The number of fused-ring (bicyclic) bond motifs is 1. The minimum absolute atomic E-state index is 0.0557. The average molecular weight is 490 g/mol. The number of esters is 2. The number of nitrogens with zero attached hydrogens (tertiary/aromatic N) is 4. The monoisotopic (exact) mass is 489 g/mol. The third-order valence-electron chi connectivity index (χ3n) is 5.30. The van der Waals surface area contributed by atoms with E-state index in [2.05, 4.69) is 15.0 Å². The third-order valence-corrected chi connectivity index (χ3v) is 5.92.